The molecule has 0 aliphatic carbocycles. The van der Waals surface area contributed by atoms with Crippen LogP contribution in [0.25, 0.3) is 0 Å². The van der Waals surface area contributed by atoms with Crippen LogP contribution in [0.3, 0.4) is 0 Å². The lowest BCUT2D eigenvalue weighted by Crippen LogP contribution is -2.40. The Morgan fingerprint density at radius 2 is 1.96 bits per heavy atom. The quantitative estimate of drug-likeness (QED) is 0.450. The van der Waals surface area contributed by atoms with Crippen molar-refractivity contribution in [2.75, 3.05) is 39.8 Å². The van der Waals surface area contributed by atoms with Crippen LogP contribution in [-0.2, 0) is 6.42 Å². The summed E-state index contributed by atoms with van der Waals surface area (Å²) >= 11 is 1.79. The first-order valence-electron chi connectivity index (χ1n) is 9.18. The van der Waals surface area contributed by atoms with Crippen molar-refractivity contribution in [2.45, 2.75) is 46.5 Å². The van der Waals surface area contributed by atoms with Crippen LogP contribution in [0.5, 0.6) is 0 Å². The van der Waals surface area contributed by atoms with Crippen LogP contribution in [0.1, 0.15) is 41.8 Å². The van der Waals surface area contributed by atoms with E-state index in [1.54, 1.807) is 11.3 Å². The third kappa shape index (κ3) is 6.40. The molecule has 0 aromatic carbocycles. The van der Waals surface area contributed by atoms with E-state index in [9.17, 15) is 0 Å². The highest BCUT2D eigenvalue weighted by atomic mass is 32.1. The third-order valence-corrected chi connectivity index (χ3v) is 5.82. The summed E-state index contributed by atoms with van der Waals surface area (Å²) in [5, 5.41) is 7.98. The molecule has 24 heavy (non-hydrogen) atoms. The molecule has 1 aromatic rings. The van der Waals surface area contributed by atoms with E-state index in [0.29, 0.717) is 0 Å². The van der Waals surface area contributed by atoms with Gasteiger partial charge in [0.15, 0.2) is 5.96 Å². The number of likely N-dealkylation sites (tertiary alicyclic amines) is 1. The molecule has 2 rings (SSSR count). The van der Waals surface area contributed by atoms with Gasteiger partial charge in [0.25, 0.3) is 0 Å². The summed E-state index contributed by atoms with van der Waals surface area (Å²) in [5.74, 6) is 1.81. The lowest BCUT2D eigenvalue weighted by Gasteiger charge is -2.30. The van der Waals surface area contributed by atoms with Crippen molar-refractivity contribution >= 4 is 17.3 Å². The molecule has 2 heterocycles. The Labute approximate surface area is 151 Å². The number of aliphatic imine (C=N–C) groups is 1. The van der Waals surface area contributed by atoms with Gasteiger partial charge < -0.3 is 15.5 Å². The molecule has 6 heteroatoms. The van der Waals surface area contributed by atoms with E-state index < -0.39 is 0 Å². The zero-order valence-electron chi connectivity index (χ0n) is 15.7. The standard InChI is InChI=1S/C18H33N5S/c1-14-7-12-23(13-8-14)11-5-9-20-18(19-4)21-10-6-17-15(2)22-16(3)24-17/h14H,5-13H2,1-4H3,(H2,19,20,21). The Bertz CT molecular complexity index is 517. The summed E-state index contributed by atoms with van der Waals surface area (Å²) in [5.41, 5.74) is 1.16. The van der Waals surface area contributed by atoms with Crippen LogP contribution in [-0.4, -0.2) is 55.6 Å². The number of piperidine rings is 1. The van der Waals surface area contributed by atoms with Gasteiger partial charge in [-0.05, 0) is 58.7 Å². The first-order valence-corrected chi connectivity index (χ1v) is 10.00. The Hall–Kier alpha value is -1.14. The second-order valence-corrected chi connectivity index (χ2v) is 8.08. The minimum absolute atomic E-state index is 0.895. The van der Waals surface area contributed by atoms with Gasteiger partial charge in [-0.25, -0.2) is 4.98 Å². The van der Waals surface area contributed by atoms with Gasteiger partial charge in [-0.3, -0.25) is 4.99 Å². The lowest BCUT2D eigenvalue weighted by atomic mass is 9.99. The highest BCUT2D eigenvalue weighted by molar-refractivity contribution is 7.11. The zero-order chi connectivity index (χ0) is 17.4. The maximum atomic E-state index is 4.48. The number of thiazole rings is 1. The van der Waals surface area contributed by atoms with Gasteiger partial charge in [0, 0.05) is 31.4 Å². The maximum absolute atomic E-state index is 4.48. The van der Waals surface area contributed by atoms with Crippen molar-refractivity contribution in [1.82, 2.24) is 20.5 Å². The molecule has 1 aliphatic rings. The van der Waals surface area contributed by atoms with Crippen LogP contribution in [0.2, 0.25) is 0 Å². The molecule has 0 radical (unpaired) electrons. The van der Waals surface area contributed by atoms with Crippen molar-refractivity contribution in [3.05, 3.63) is 15.6 Å². The minimum Gasteiger partial charge on any atom is -0.356 e. The molecule has 0 amide bonds. The molecule has 5 nitrogen and oxygen atoms in total. The SMILES string of the molecule is CN=C(NCCCN1CCC(C)CC1)NCCc1sc(C)nc1C. The van der Waals surface area contributed by atoms with Crippen molar-refractivity contribution in [3.8, 4) is 0 Å². The van der Waals surface area contributed by atoms with Crippen molar-refractivity contribution in [2.24, 2.45) is 10.9 Å². The largest absolute Gasteiger partial charge is 0.356 e. The number of nitrogens with one attached hydrogen (secondary N) is 2. The average Bonchev–Trinajstić information content (AvgIpc) is 2.89. The lowest BCUT2D eigenvalue weighted by molar-refractivity contribution is 0.191. The molecule has 2 N–H and O–H groups in total. The van der Waals surface area contributed by atoms with E-state index in [1.807, 2.05) is 7.05 Å². The van der Waals surface area contributed by atoms with Gasteiger partial charge in [-0.2, -0.15) is 0 Å². The number of hydrogen-bond acceptors (Lipinski definition) is 4. The summed E-state index contributed by atoms with van der Waals surface area (Å²) in [7, 11) is 1.84. The topological polar surface area (TPSA) is 52.6 Å². The van der Waals surface area contributed by atoms with Gasteiger partial charge in [0.05, 0.1) is 10.7 Å². The summed E-state index contributed by atoms with van der Waals surface area (Å²) in [6.45, 7) is 12.1. The maximum Gasteiger partial charge on any atom is 0.190 e. The Balaban J connectivity index is 1.58. The molecule has 1 fully saturated rings. The van der Waals surface area contributed by atoms with Crippen molar-refractivity contribution in [3.63, 3.8) is 0 Å². The molecular weight excluding hydrogens is 318 g/mol. The highest BCUT2D eigenvalue weighted by Crippen LogP contribution is 2.17. The third-order valence-electron chi connectivity index (χ3n) is 4.69. The van der Waals surface area contributed by atoms with E-state index in [0.717, 1.165) is 42.1 Å². The first kappa shape index (κ1) is 19.2. The predicted octanol–water partition coefficient (Wildman–Crippen LogP) is 2.59. The smallest absolute Gasteiger partial charge is 0.190 e. The van der Waals surface area contributed by atoms with Crippen LogP contribution in [0.15, 0.2) is 4.99 Å². The molecule has 1 aromatic heterocycles. The summed E-state index contributed by atoms with van der Waals surface area (Å²) < 4.78 is 0. The Morgan fingerprint density at radius 3 is 2.58 bits per heavy atom. The molecule has 136 valence electrons. The molecule has 1 saturated heterocycles. The van der Waals surface area contributed by atoms with E-state index in [-0.39, 0.29) is 0 Å². The molecule has 0 atom stereocenters. The van der Waals surface area contributed by atoms with E-state index in [4.69, 9.17) is 0 Å². The normalized spacial score (nSPS) is 17.2. The molecule has 0 unspecified atom stereocenters. The summed E-state index contributed by atoms with van der Waals surface area (Å²) in [4.78, 5) is 12.7. The van der Waals surface area contributed by atoms with Gasteiger partial charge >= 0.3 is 0 Å². The number of rotatable bonds is 7. The molecule has 0 spiro atoms. The van der Waals surface area contributed by atoms with Gasteiger partial charge in [0.2, 0.25) is 0 Å². The van der Waals surface area contributed by atoms with Crippen LogP contribution in [0, 0.1) is 19.8 Å². The summed E-state index contributed by atoms with van der Waals surface area (Å²) in [6, 6.07) is 0. The van der Waals surface area contributed by atoms with Gasteiger partial charge in [-0.1, -0.05) is 6.92 Å². The fraction of sp³-hybridized carbons (Fsp3) is 0.778. The minimum atomic E-state index is 0.895. The van der Waals surface area contributed by atoms with Crippen LogP contribution >= 0.6 is 11.3 Å². The second-order valence-electron chi connectivity index (χ2n) is 6.79. The van der Waals surface area contributed by atoms with Crippen molar-refractivity contribution < 1.29 is 0 Å². The zero-order valence-corrected chi connectivity index (χ0v) is 16.5. The number of guanidine groups is 1. The highest BCUT2D eigenvalue weighted by Gasteiger charge is 2.14. The predicted molar refractivity (Wildman–Crippen MR) is 104 cm³/mol. The van der Waals surface area contributed by atoms with Gasteiger partial charge in [0.1, 0.15) is 0 Å². The monoisotopic (exact) mass is 351 g/mol. The first-order chi connectivity index (χ1) is 11.6. The number of nitrogens with zero attached hydrogens (tertiary/aromatic N) is 3. The molecular formula is C18H33N5S. The fourth-order valence-electron chi connectivity index (χ4n) is 3.12. The van der Waals surface area contributed by atoms with E-state index in [1.165, 1.54) is 43.8 Å². The number of aromatic nitrogens is 1. The van der Waals surface area contributed by atoms with Gasteiger partial charge in [-0.15, -0.1) is 11.3 Å². The fourth-order valence-corrected chi connectivity index (χ4v) is 4.05. The number of aryl methyl sites for hydroxylation is 2. The Kier molecular flexibility index (Phi) is 7.99. The van der Waals surface area contributed by atoms with Crippen LogP contribution in [0.4, 0.5) is 0 Å². The average molecular weight is 352 g/mol. The number of hydrogen-bond donors (Lipinski definition) is 2. The molecule has 0 saturated carbocycles. The van der Waals surface area contributed by atoms with Crippen LogP contribution < -0.4 is 10.6 Å². The molecule has 0 bridgehead atoms. The van der Waals surface area contributed by atoms with E-state index >= 15 is 0 Å². The Morgan fingerprint density at radius 1 is 1.25 bits per heavy atom. The van der Waals surface area contributed by atoms with Crippen molar-refractivity contribution in [1.29, 1.82) is 0 Å². The van der Waals surface area contributed by atoms with E-state index in [2.05, 4.69) is 46.3 Å². The second kappa shape index (κ2) is 9.99. The summed E-state index contributed by atoms with van der Waals surface area (Å²) in [6.07, 6.45) is 4.88. The molecule has 1 aliphatic heterocycles.